The summed E-state index contributed by atoms with van der Waals surface area (Å²) < 4.78 is 23.3. The molecule has 112 valence electrons. The minimum Gasteiger partial charge on any atom is -0.481 e. The van der Waals surface area contributed by atoms with E-state index in [1.807, 2.05) is 11.0 Å². The van der Waals surface area contributed by atoms with Gasteiger partial charge in [-0.1, -0.05) is 12.1 Å². The van der Waals surface area contributed by atoms with Crippen LogP contribution >= 0.6 is 0 Å². The molecule has 1 aromatic carbocycles. The maximum absolute atomic E-state index is 11.7. The summed E-state index contributed by atoms with van der Waals surface area (Å²) in [4.78, 5) is 12.8. The maximum Gasteiger partial charge on any atom is 0.304 e. The number of carboxylic acid groups (broad SMARTS) is 1. The highest BCUT2D eigenvalue weighted by Gasteiger charge is 2.32. The number of benzene rings is 1. The Kier molecular flexibility index (Phi) is 4.60. The molecule has 0 radical (unpaired) electrons. The second-order valence-corrected chi connectivity index (χ2v) is 7.37. The lowest BCUT2D eigenvalue weighted by atomic mass is 10.1. The van der Waals surface area contributed by atoms with Crippen molar-refractivity contribution in [3.05, 3.63) is 35.4 Å². The van der Waals surface area contributed by atoms with Crippen molar-refractivity contribution in [3.8, 4) is 6.07 Å². The molecule has 7 heteroatoms. The summed E-state index contributed by atoms with van der Waals surface area (Å²) >= 11 is 0. The lowest BCUT2D eigenvalue weighted by molar-refractivity contribution is -0.138. The molecule has 1 aliphatic heterocycles. The normalized spacial score (nSPS) is 21.6. The number of carbonyl (C=O) groups is 1. The van der Waals surface area contributed by atoms with Gasteiger partial charge in [0.1, 0.15) is 0 Å². The van der Waals surface area contributed by atoms with Gasteiger partial charge in [-0.05, 0) is 17.7 Å². The number of aliphatic carboxylic acids is 1. The molecule has 1 unspecified atom stereocenters. The van der Waals surface area contributed by atoms with E-state index in [1.54, 1.807) is 24.3 Å². The van der Waals surface area contributed by atoms with Crippen LogP contribution in [0.4, 0.5) is 0 Å². The molecule has 0 saturated carbocycles. The fourth-order valence-electron chi connectivity index (χ4n) is 2.44. The minimum absolute atomic E-state index is 0.0550. The molecule has 0 aromatic heterocycles. The van der Waals surface area contributed by atoms with Gasteiger partial charge in [-0.15, -0.1) is 0 Å². The molecule has 1 N–H and O–H groups in total. The molecule has 21 heavy (non-hydrogen) atoms. The first-order valence-electron chi connectivity index (χ1n) is 6.55. The molecular weight excluding hydrogens is 292 g/mol. The van der Waals surface area contributed by atoms with Crippen LogP contribution in [-0.4, -0.2) is 48.5 Å². The molecule has 1 saturated heterocycles. The van der Waals surface area contributed by atoms with Gasteiger partial charge < -0.3 is 5.11 Å². The predicted octanol–water partition coefficient (Wildman–Crippen LogP) is 0.632. The molecule has 1 heterocycles. The van der Waals surface area contributed by atoms with Gasteiger partial charge in [0.05, 0.1) is 29.6 Å². The van der Waals surface area contributed by atoms with Crippen molar-refractivity contribution in [2.75, 3.05) is 18.1 Å². The first kappa shape index (κ1) is 15.5. The number of nitriles is 1. The van der Waals surface area contributed by atoms with E-state index in [9.17, 15) is 13.2 Å². The zero-order valence-corrected chi connectivity index (χ0v) is 12.2. The van der Waals surface area contributed by atoms with Crippen LogP contribution in [0.3, 0.4) is 0 Å². The monoisotopic (exact) mass is 308 g/mol. The van der Waals surface area contributed by atoms with Crippen molar-refractivity contribution < 1.29 is 18.3 Å². The number of rotatable bonds is 4. The van der Waals surface area contributed by atoms with Crippen LogP contribution in [0.25, 0.3) is 0 Å². The van der Waals surface area contributed by atoms with Crippen molar-refractivity contribution in [2.24, 2.45) is 0 Å². The molecule has 1 fully saturated rings. The lowest BCUT2D eigenvalue weighted by Gasteiger charge is -2.34. The third kappa shape index (κ3) is 4.28. The maximum atomic E-state index is 11.7. The summed E-state index contributed by atoms with van der Waals surface area (Å²) in [6.45, 7) is 0.819. The average Bonchev–Trinajstić information content (AvgIpc) is 2.41. The van der Waals surface area contributed by atoms with E-state index < -0.39 is 21.8 Å². The first-order valence-corrected chi connectivity index (χ1v) is 8.37. The largest absolute Gasteiger partial charge is 0.481 e. The van der Waals surface area contributed by atoms with Gasteiger partial charge in [-0.25, -0.2) is 8.42 Å². The summed E-state index contributed by atoms with van der Waals surface area (Å²) in [5.74, 6) is -1.06. The number of hydrogen-bond acceptors (Lipinski definition) is 5. The van der Waals surface area contributed by atoms with Gasteiger partial charge in [0.2, 0.25) is 0 Å². The van der Waals surface area contributed by atoms with Crippen molar-refractivity contribution >= 4 is 15.8 Å². The highest BCUT2D eigenvalue weighted by molar-refractivity contribution is 7.91. The number of nitrogens with zero attached hydrogens (tertiary/aromatic N) is 2. The lowest BCUT2D eigenvalue weighted by Crippen LogP contribution is -2.48. The van der Waals surface area contributed by atoms with Crippen molar-refractivity contribution in [3.63, 3.8) is 0 Å². The third-order valence-corrected chi connectivity index (χ3v) is 5.23. The van der Waals surface area contributed by atoms with Gasteiger partial charge in [0.25, 0.3) is 0 Å². The molecule has 0 aliphatic carbocycles. The Morgan fingerprint density at radius 2 is 2.05 bits per heavy atom. The minimum atomic E-state index is -3.16. The van der Waals surface area contributed by atoms with E-state index in [4.69, 9.17) is 10.4 Å². The van der Waals surface area contributed by atoms with Crippen LogP contribution in [0.1, 0.15) is 17.5 Å². The molecule has 0 bridgehead atoms. The Morgan fingerprint density at radius 3 is 2.62 bits per heavy atom. The van der Waals surface area contributed by atoms with Crippen molar-refractivity contribution in [1.82, 2.24) is 4.90 Å². The van der Waals surface area contributed by atoms with Crippen molar-refractivity contribution in [1.29, 1.82) is 5.26 Å². The van der Waals surface area contributed by atoms with Crippen LogP contribution in [0.5, 0.6) is 0 Å². The van der Waals surface area contributed by atoms with Gasteiger partial charge in [0.15, 0.2) is 9.84 Å². The summed E-state index contributed by atoms with van der Waals surface area (Å²) in [6, 6.07) is 8.53. The summed E-state index contributed by atoms with van der Waals surface area (Å²) in [5, 5.41) is 17.7. The summed E-state index contributed by atoms with van der Waals surface area (Å²) in [6.07, 6.45) is -0.185. The Balaban J connectivity index is 2.12. The number of hydrogen-bond donors (Lipinski definition) is 1. The molecule has 0 spiro atoms. The quantitative estimate of drug-likeness (QED) is 0.876. The van der Waals surface area contributed by atoms with Gasteiger partial charge in [0, 0.05) is 19.1 Å². The van der Waals surface area contributed by atoms with Crippen molar-refractivity contribution in [2.45, 2.75) is 19.0 Å². The van der Waals surface area contributed by atoms with Crippen LogP contribution in [0.2, 0.25) is 0 Å². The van der Waals surface area contributed by atoms with E-state index in [0.717, 1.165) is 5.56 Å². The predicted molar refractivity (Wildman–Crippen MR) is 76.3 cm³/mol. The zero-order chi connectivity index (χ0) is 15.5. The standard InChI is InChI=1S/C14H16N2O4S/c15-8-11-1-3-12(4-2-11)9-16-5-6-21(19,20)10-13(16)7-14(17)18/h1-4,13H,5-7,9-10H2,(H,17,18). The zero-order valence-electron chi connectivity index (χ0n) is 11.4. The van der Waals surface area contributed by atoms with Gasteiger partial charge in [-0.3, -0.25) is 9.69 Å². The molecule has 1 aliphatic rings. The average molecular weight is 308 g/mol. The molecule has 1 aromatic rings. The molecule has 2 rings (SSSR count). The molecule has 6 nitrogen and oxygen atoms in total. The third-order valence-electron chi connectivity index (χ3n) is 3.53. The SMILES string of the molecule is N#Cc1ccc(CN2CCS(=O)(=O)CC2CC(=O)O)cc1. The summed E-state index contributed by atoms with van der Waals surface area (Å²) in [7, 11) is -3.16. The van der Waals surface area contributed by atoms with Crippen LogP contribution in [0.15, 0.2) is 24.3 Å². The summed E-state index contributed by atoms with van der Waals surface area (Å²) in [5.41, 5.74) is 1.49. The van der Waals surface area contributed by atoms with Gasteiger partial charge in [-0.2, -0.15) is 5.26 Å². The van der Waals surface area contributed by atoms with E-state index in [-0.39, 0.29) is 17.9 Å². The van der Waals surface area contributed by atoms with Crippen LogP contribution in [0, 0.1) is 11.3 Å². The number of sulfone groups is 1. The molecular formula is C14H16N2O4S. The topological polar surface area (TPSA) is 98.5 Å². The Bertz CT molecular complexity index is 661. The fraction of sp³-hybridized carbons (Fsp3) is 0.429. The Labute approximate surface area is 123 Å². The number of carboxylic acids is 1. The van der Waals surface area contributed by atoms with E-state index in [0.29, 0.717) is 18.7 Å². The van der Waals surface area contributed by atoms with E-state index in [1.165, 1.54) is 0 Å². The fourth-order valence-corrected chi connectivity index (χ4v) is 4.03. The highest BCUT2D eigenvalue weighted by Crippen LogP contribution is 2.18. The smallest absolute Gasteiger partial charge is 0.304 e. The van der Waals surface area contributed by atoms with E-state index in [2.05, 4.69) is 0 Å². The molecule has 1 atom stereocenters. The highest BCUT2D eigenvalue weighted by atomic mass is 32.2. The van der Waals surface area contributed by atoms with Gasteiger partial charge >= 0.3 is 5.97 Å². The van der Waals surface area contributed by atoms with Crippen LogP contribution < -0.4 is 0 Å². The van der Waals surface area contributed by atoms with E-state index >= 15 is 0 Å². The Hall–Kier alpha value is -1.91. The molecule has 0 amide bonds. The first-order chi connectivity index (χ1) is 9.89. The van der Waals surface area contributed by atoms with Crippen LogP contribution in [-0.2, 0) is 21.2 Å². The Morgan fingerprint density at radius 1 is 1.38 bits per heavy atom. The second kappa shape index (κ2) is 6.24. The second-order valence-electron chi connectivity index (χ2n) is 5.15.